The van der Waals surface area contributed by atoms with Crippen LogP contribution in [0.2, 0.25) is 0 Å². The Labute approximate surface area is 145 Å². The lowest BCUT2D eigenvalue weighted by Crippen LogP contribution is -2.53. The number of likely N-dealkylation sites (tertiary alicyclic amines) is 1. The summed E-state index contributed by atoms with van der Waals surface area (Å²) >= 11 is 0. The van der Waals surface area contributed by atoms with Gasteiger partial charge in [0.25, 0.3) is 0 Å². The molecule has 1 aromatic rings. The van der Waals surface area contributed by atoms with Crippen LogP contribution < -0.4 is 9.47 Å². The number of rotatable bonds is 3. The van der Waals surface area contributed by atoms with Crippen molar-refractivity contribution in [3.63, 3.8) is 0 Å². The highest BCUT2D eigenvalue weighted by molar-refractivity contribution is 5.81. The van der Waals surface area contributed by atoms with Gasteiger partial charge in [-0.05, 0) is 57.9 Å². The second kappa shape index (κ2) is 6.07. The third kappa shape index (κ3) is 2.71. The average molecular weight is 331 g/mol. The molecule has 0 radical (unpaired) electrons. The van der Waals surface area contributed by atoms with Gasteiger partial charge in [0.1, 0.15) is 5.78 Å². The summed E-state index contributed by atoms with van der Waals surface area (Å²) in [5.41, 5.74) is 1.39. The third-order valence-electron chi connectivity index (χ3n) is 5.90. The topological polar surface area (TPSA) is 38.8 Å². The Hall–Kier alpha value is -1.55. The molecule has 1 aromatic carbocycles. The van der Waals surface area contributed by atoms with Gasteiger partial charge in [-0.25, -0.2) is 0 Å². The molecule has 0 bridgehead atoms. The lowest BCUT2D eigenvalue weighted by atomic mass is 9.65. The number of hydrogen-bond acceptors (Lipinski definition) is 4. The number of methoxy groups -OCH3 is 2. The van der Waals surface area contributed by atoms with E-state index in [0.29, 0.717) is 18.6 Å². The summed E-state index contributed by atoms with van der Waals surface area (Å²) in [6.45, 7) is 7.78. The Kier molecular flexibility index (Phi) is 4.37. The molecule has 1 aliphatic carbocycles. The van der Waals surface area contributed by atoms with Crippen molar-refractivity contribution in [1.82, 2.24) is 4.90 Å². The molecule has 132 valence electrons. The van der Waals surface area contributed by atoms with Gasteiger partial charge in [-0.15, -0.1) is 0 Å². The van der Waals surface area contributed by atoms with E-state index < -0.39 is 0 Å². The van der Waals surface area contributed by atoms with Gasteiger partial charge in [-0.1, -0.05) is 6.07 Å². The predicted molar refractivity (Wildman–Crippen MR) is 94.9 cm³/mol. The first-order valence-corrected chi connectivity index (χ1v) is 8.83. The number of nitrogens with zero attached hydrogens (tertiary/aromatic N) is 1. The lowest BCUT2D eigenvalue weighted by Gasteiger charge is -2.46. The van der Waals surface area contributed by atoms with E-state index in [0.717, 1.165) is 30.9 Å². The number of fused-ring (bicyclic) bond motifs is 1. The summed E-state index contributed by atoms with van der Waals surface area (Å²) in [4.78, 5) is 14.7. The molecule has 0 aromatic heterocycles. The van der Waals surface area contributed by atoms with E-state index in [2.05, 4.69) is 37.8 Å². The van der Waals surface area contributed by atoms with Gasteiger partial charge < -0.3 is 9.47 Å². The molecule has 2 atom stereocenters. The second-order valence-corrected chi connectivity index (χ2v) is 8.10. The van der Waals surface area contributed by atoms with E-state index in [1.807, 2.05) is 6.07 Å². The summed E-state index contributed by atoms with van der Waals surface area (Å²) in [7, 11) is 3.34. The third-order valence-corrected chi connectivity index (χ3v) is 5.90. The molecule has 3 rings (SSSR count). The SMILES string of the molecule is COc1ccc([C@@]23CCC(=O)C[C@H]2N(C(C)(C)C)CC3)cc1OC. The van der Waals surface area contributed by atoms with Crippen LogP contribution in [0.15, 0.2) is 18.2 Å². The molecule has 4 nitrogen and oxygen atoms in total. The van der Waals surface area contributed by atoms with Crippen LogP contribution in [0, 0.1) is 0 Å². The molecule has 24 heavy (non-hydrogen) atoms. The second-order valence-electron chi connectivity index (χ2n) is 8.10. The first-order chi connectivity index (χ1) is 11.3. The highest BCUT2D eigenvalue weighted by Gasteiger charge is 2.53. The molecular formula is C20H29NO3. The van der Waals surface area contributed by atoms with E-state index in [1.54, 1.807) is 14.2 Å². The number of ether oxygens (including phenoxy) is 2. The first-order valence-electron chi connectivity index (χ1n) is 8.83. The number of hydrogen-bond donors (Lipinski definition) is 0. The van der Waals surface area contributed by atoms with Crippen molar-refractivity contribution in [3.05, 3.63) is 23.8 Å². The molecule has 0 unspecified atom stereocenters. The van der Waals surface area contributed by atoms with E-state index >= 15 is 0 Å². The van der Waals surface area contributed by atoms with E-state index in [-0.39, 0.29) is 17.0 Å². The zero-order valence-corrected chi connectivity index (χ0v) is 15.5. The molecule has 4 heteroatoms. The van der Waals surface area contributed by atoms with Crippen LogP contribution in [0.3, 0.4) is 0 Å². The normalized spacial score (nSPS) is 27.9. The summed E-state index contributed by atoms with van der Waals surface area (Å²) in [5.74, 6) is 1.92. The molecule has 2 aliphatic rings. The van der Waals surface area contributed by atoms with Crippen LogP contribution in [-0.2, 0) is 10.2 Å². The average Bonchev–Trinajstić information content (AvgIpc) is 2.94. The van der Waals surface area contributed by atoms with Crippen LogP contribution in [0.1, 0.15) is 52.0 Å². The van der Waals surface area contributed by atoms with Crippen LogP contribution in [0.25, 0.3) is 0 Å². The van der Waals surface area contributed by atoms with Crippen molar-refractivity contribution >= 4 is 5.78 Å². The summed E-state index contributed by atoms with van der Waals surface area (Å²) in [5, 5.41) is 0. The van der Waals surface area contributed by atoms with Gasteiger partial charge in [0, 0.05) is 29.8 Å². The van der Waals surface area contributed by atoms with Gasteiger partial charge in [0.05, 0.1) is 14.2 Å². The van der Waals surface area contributed by atoms with Crippen molar-refractivity contribution < 1.29 is 14.3 Å². The van der Waals surface area contributed by atoms with Gasteiger partial charge in [0.15, 0.2) is 11.5 Å². The summed E-state index contributed by atoms with van der Waals surface area (Å²) in [6, 6.07) is 6.55. The lowest BCUT2D eigenvalue weighted by molar-refractivity contribution is -0.123. The Balaban J connectivity index is 2.05. The van der Waals surface area contributed by atoms with Crippen molar-refractivity contribution in [1.29, 1.82) is 0 Å². The smallest absolute Gasteiger partial charge is 0.161 e. The van der Waals surface area contributed by atoms with E-state index in [4.69, 9.17) is 9.47 Å². The van der Waals surface area contributed by atoms with Gasteiger partial charge in [-0.3, -0.25) is 9.69 Å². The number of carbonyl (C=O) groups is 1. The van der Waals surface area contributed by atoms with E-state index in [1.165, 1.54) is 5.56 Å². The number of benzene rings is 1. The van der Waals surface area contributed by atoms with Crippen LogP contribution in [0.4, 0.5) is 0 Å². The zero-order valence-electron chi connectivity index (χ0n) is 15.5. The van der Waals surface area contributed by atoms with Crippen LogP contribution in [-0.4, -0.2) is 43.0 Å². The maximum absolute atomic E-state index is 12.2. The Bertz CT molecular complexity index is 634. The number of ketones is 1. The quantitative estimate of drug-likeness (QED) is 0.849. The first kappa shape index (κ1) is 17.3. The molecule has 1 heterocycles. The standard InChI is InChI=1S/C20H29NO3/c1-19(2,3)21-11-10-20(9-8-15(22)13-18(20)21)14-6-7-16(23-4)17(12-14)24-5/h6-7,12,18H,8-11,13H2,1-5H3/t18-,20+/m1/s1. The maximum atomic E-state index is 12.2. The molecule has 1 saturated heterocycles. The number of carbonyl (C=O) groups excluding carboxylic acids is 1. The zero-order chi connectivity index (χ0) is 17.5. The molecular weight excluding hydrogens is 302 g/mol. The molecule has 1 aliphatic heterocycles. The molecule has 2 fully saturated rings. The Morgan fingerprint density at radius 2 is 1.83 bits per heavy atom. The van der Waals surface area contributed by atoms with Crippen molar-refractivity contribution in [3.8, 4) is 11.5 Å². The Morgan fingerprint density at radius 1 is 1.12 bits per heavy atom. The van der Waals surface area contributed by atoms with Crippen molar-refractivity contribution in [2.75, 3.05) is 20.8 Å². The fourth-order valence-corrected chi connectivity index (χ4v) is 4.65. The van der Waals surface area contributed by atoms with Gasteiger partial charge in [-0.2, -0.15) is 0 Å². The molecule has 0 amide bonds. The monoisotopic (exact) mass is 331 g/mol. The minimum absolute atomic E-state index is 0.0424. The fourth-order valence-electron chi connectivity index (χ4n) is 4.65. The predicted octanol–water partition coefficient (Wildman–Crippen LogP) is 3.57. The summed E-state index contributed by atoms with van der Waals surface area (Å²) < 4.78 is 10.9. The minimum Gasteiger partial charge on any atom is -0.493 e. The molecule has 0 N–H and O–H groups in total. The van der Waals surface area contributed by atoms with Gasteiger partial charge in [0.2, 0.25) is 0 Å². The summed E-state index contributed by atoms with van der Waals surface area (Å²) in [6.07, 6.45) is 3.37. The van der Waals surface area contributed by atoms with E-state index in [9.17, 15) is 4.79 Å². The van der Waals surface area contributed by atoms with Crippen LogP contribution in [0.5, 0.6) is 11.5 Å². The van der Waals surface area contributed by atoms with Crippen molar-refractivity contribution in [2.45, 2.75) is 63.5 Å². The highest BCUT2D eigenvalue weighted by atomic mass is 16.5. The maximum Gasteiger partial charge on any atom is 0.161 e. The fraction of sp³-hybridized carbons (Fsp3) is 0.650. The van der Waals surface area contributed by atoms with Crippen molar-refractivity contribution in [2.24, 2.45) is 0 Å². The Morgan fingerprint density at radius 3 is 2.46 bits per heavy atom. The molecule has 1 saturated carbocycles. The highest BCUT2D eigenvalue weighted by Crippen LogP contribution is 2.51. The largest absolute Gasteiger partial charge is 0.493 e. The van der Waals surface area contributed by atoms with Crippen LogP contribution >= 0.6 is 0 Å². The van der Waals surface area contributed by atoms with Gasteiger partial charge >= 0.3 is 0 Å². The minimum atomic E-state index is 0.0424. The number of Topliss-reactive ketones (excluding diaryl/α,β-unsaturated/α-hetero) is 1. The molecule has 0 spiro atoms.